The van der Waals surface area contributed by atoms with E-state index < -0.39 is 0 Å². The Kier molecular flexibility index (Phi) is 3.54. The number of pyridine rings is 1. The Morgan fingerprint density at radius 3 is 2.38 bits per heavy atom. The molecule has 0 spiro atoms. The van der Waals surface area contributed by atoms with Crippen molar-refractivity contribution in [2.75, 3.05) is 0 Å². The first-order valence-corrected chi connectivity index (χ1v) is 7.98. The third-order valence-electron chi connectivity index (χ3n) is 4.22. The van der Waals surface area contributed by atoms with Crippen molar-refractivity contribution in [3.63, 3.8) is 0 Å². The molecule has 0 amide bonds. The average Bonchev–Trinajstić information content (AvgIpc) is 2.62. The Bertz CT molecular complexity index is 1040. The maximum Gasteiger partial charge on any atom is 0.178 e. The van der Waals surface area contributed by atoms with Gasteiger partial charge in [-0.1, -0.05) is 48.5 Å². The Balaban J connectivity index is 1.87. The SMILES string of the molecule is Cc1ccccc1-c1nc(-c2ncc3ccccc3n2)ccc1C. The molecule has 0 radical (unpaired) electrons. The molecule has 0 saturated carbocycles. The summed E-state index contributed by atoms with van der Waals surface area (Å²) in [6.07, 6.45) is 1.85. The molecule has 116 valence electrons. The number of rotatable bonds is 2. The van der Waals surface area contributed by atoms with E-state index in [1.54, 1.807) is 0 Å². The molecular weight excluding hydrogens is 294 g/mol. The van der Waals surface area contributed by atoms with Crippen LogP contribution in [0.15, 0.2) is 66.9 Å². The van der Waals surface area contributed by atoms with Gasteiger partial charge in [-0.25, -0.2) is 15.0 Å². The third kappa shape index (κ3) is 2.54. The van der Waals surface area contributed by atoms with E-state index in [2.05, 4.69) is 42.0 Å². The maximum absolute atomic E-state index is 4.86. The first-order chi connectivity index (χ1) is 11.7. The summed E-state index contributed by atoms with van der Waals surface area (Å²) in [7, 11) is 0. The van der Waals surface area contributed by atoms with Crippen molar-refractivity contribution >= 4 is 10.9 Å². The lowest BCUT2D eigenvalue weighted by Gasteiger charge is -2.10. The topological polar surface area (TPSA) is 38.7 Å². The number of benzene rings is 2. The molecule has 4 rings (SSSR count). The van der Waals surface area contributed by atoms with E-state index in [9.17, 15) is 0 Å². The van der Waals surface area contributed by atoms with Gasteiger partial charge < -0.3 is 0 Å². The van der Waals surface area contributed by atoms with Gasteiger partial charge in [-0.15, -0.1) is 0 Å². The fourth-order valence-corrected chi connectivity index (χ4v) is 2.86. The van der Waals surface area contributed by atoms with Crippen LogP contribution in [0.3, 0.4) is 0 Å². The fraction of sp³-hybridized carbons (Fsp3) is 0.0952. The maximum atomic E-state index is 4.86. The first-order valence-electron chi connectivity index (χ1n) is 7.98. The van der Waals surface area contributed by atoms with Crippen molar-refractivity contribution in [3.8, 4) is 22.8 Å². The molecular formula is C21H17N3. The summed E-state index contributed by atoms with van der Waals surface area (Å²) < 4.78 is 0. The van der Waals surface area contributed by atoms with Crippen molar-refractivity contribution in [3.05, 3.63) is 78.0 Å². The summed E-state index contributed by atoms with van der Waals surface area (Å²) in [6.45, 7) is 4.19. The van der Waals surface area contributed by atoms with Crippen LogP contribution in [-0.2, 0) is 0 Å². The Hall–Kier alpha value is -3.07. The Morgan fingerprint density at radius 1 is 0.708 bits per heavy atom. The summed E-state index contributed by atoms with van der Waals surface area (Å²) in [5.74, 6) is 0.656. The predicted octanol–water partition coefficient (Wildman–Crippen LogP) is 4.98. The standard InChI is InChI=1S/C21H17N3/c1-14-7-3-5-9-17(14)20-15(2)11-12-19(23-20)21-22-13-16-8-4-6-10-18(16)24-21/h3-13H,1-2H3. The van der Waals surface area contributed by atoms with Crippen LogP contribution in [0, 0.1) is 13.8 Å². The number of aromatic nitrogens is 3. The van der Waals surface area contributed by atoms with E-state index in [4.69, 9.17) is 4.98 Å². The second-order valence-corrected chi connectivity index (χ2v) is 5.93. The summed E-state index contributed by atoms with van der Waals surface area (Å²) in [6, 6.07) is 20.4. The number of hydrogen-bond donors (Lipinski definition) is 0. The van der Waals surface area contributed by atoms with Gasteiger partial charge in [0.2, 0.25) is 0 Å². The highest BCUT2D eigenvalue weighted by molar-refractivity contribution is 5.79. The van der Waals surface area contributed by atoms with Crippen molar-refractivity contribution in [2.24, 2.45) is 0 Å². The zero-order valence-electron chi connectivity index (χ0n) is 13.7. The van der Waals surface area contributed by atoms with Gasteiger partial charge >= 0.3 is 0 Å². The highest BCUT2D eigenvalue weighted by Gasteiger charge is 2.11. The Morgan fingerprint density at radius 2 is 1.50 bits per heavy atom. The lowest BCUT2D eigenvalue weighted by molar-refractivity contribution is 1.16. The second-order valence-electron chi connectivity index (χ2n) is 5.93. The van der Waals surface area contributed by atoms with Crippen molar-refractivity contribution in [2.45, 2.75) is 13.8 Å². The minimum absolute atomic E-state index is 0.656. The van der Waals surface area contributed by atoms with E-state index in [1.807, 2.05) is 48.7 Å². The number of hydrogen-bond acceptors (Lipinski definition) is 3. The lowest BCUT2D eigenvalue weighted by Crippen LogP contribution is -1.97. The Labute approximate surface area is 141 Å². The first kappa shape index (κ1) is 14.5. The molecule has 0 atom stereocenters. The van der Waals surface area contributed by atoms with Crippen molar-refractivity contribution < 1.29 is 0 Å². The van der Waals surface area contributed by atoms with E-state index in [0.717, 1.165) is 33.4 Å². The van der Waals surface area contributed by atoms with Gasteiger partial charge in [0.1, 0.15) is 5.69 Å². The van der Waals surface area contributed by atoms with E-state index in [0.29, 0.717) is 5.82 Å². The minimum atomic E-state index is 0.656. The van der Waals surface area contributed by atoms with Gasteiger partial charge in [-0.05, 0) is 37.1 Å². The molecule has 0 aliphatic heterocycles. The lowest BCUT2D eigenvalue weighted by atomic mass is 10.0. The zero-order chi connectivity index (χ0) is 16.5. The molecule has 0 bridgehead atoms. The largest absolute Gasteiger partial charge is 0.244 e. The molecule has 2 heterocycles. The van der Waals surface area contributed by atoms with Crippen LogP contribution in [0.2, 0.25) is 0 Å². The fourth-order valence-electron chi connectivity index (χ4n) is 2.86. The van der Waals surface area contributed by atoms with Crippen molar-refractivity contribution in [1.82, 2.24) is 15.0 Å². The van der Waals surface area contributed by atoms with Gasteiger partial charge in [-0.2, -0.15) is 0 Å². The quantitative estimate of drug-likeness (QED) is 0.524. The minimum Gasteiger partial charge on any atom is -0.244 e. The molecule has 3 nitrogen and oxygen atoms in total. The van der Waals surface area contributed by atoms with E-state index in [1.165, 1.54) is 5.56 Å². The molecule has 0 fully saturated rings. The molecule has 2 aromatic heterocycles. The second kappa shape index (κ2) is 5.85. The van der Waals surface area contributed by atoms with Crippen molar-refractivity contribution in [1.29, 1.82) is 0 Å². The van der Waals surface area contributed by atoms with Gasteiger partial charge in [0.05, 0.1) is 11.2 Å². The third-order valence-corrected chi connectivity index (χ3v) is 4.22. The molecule has 0 unspecified atom stereocenters. The number of fused-ring (bicyclic) bond motifs is 1. The molecule has 2 aromatic carbocycles. The van der Waals surface area contributed by atoms with Gasteiger partial charge in [0, 0.05) is 17.1 Å². The highest BCUT2D eigenvalue weighted by atomic mass is 14.9. The van der Waals surface area contributed by atoms with Crippen LogP contribution < -0.4 is 0 Å². The van der Waals surface area contributed by atoms with Gasteiger partial charge in [0.25, 0.3) is 0 Å². The van der Waals surface area contributed by atoms with Crippen LogP contribution in [0.5, 0.6) is 0 Å². The monoisotopic (exact) mass is 311 g/mol. The van der Waals surface area contributed by atoms with Crippen LogP contribution in [0.25, 0.3) is 33.7 Å². The normalized spacial score (nSPS) is 10.9. The summed E-state index contributed by atoms with van der Waals surface area (Å²) >= 11 is 0. The number of nitrogens with zero attached hydrogens (tertiary/aromatic N) is 3. The molecule has 0 N–H and O–H groups in total. The summed E-state index contributed by atoms with van der Waals surface area (Å²) in [5.41, 5.74) is 6.23. The molecule has 3 heteroatoms. The van der Waals surface area contributed by atoms with Crippen LogP contribution >= 0.6 is 0 Å². The molecule has 0 aliphatic carbocycles. The smallest absolute Gasteiger partial charge is 0.178 e. The van der Waals surface area contributed by atoms with E-state index >= 15 is 0 Å². The number of aryl methyl sites for hydroxylation is 2. The summed E-state index contributed by atoms with van der Waals surface area (Å²) in [5, 5.41) is 1.03. The van der Waals surface area contributed by atoms with Crippen LogP contribution in [-0.4, -0.2) is 15.0 Å². The highest BCUT2D eigenvalue weighted by Crippen LogP contribution is 2.27. The number of para-hydroxylation sites is 1. The summed E-state index contributed by atoms with van der Waals surface area (Å²) in [4.78, 5) is 14.0. The predicted molar refractivity (Wildman–Crippen MR) is 97.7 cm³/mol. The molecule has 0 aliphatic rings. The molecule has 4 aromatic rings. The van der Waals surface area contributed by atoms with Crippen LogP contribution in [0.1, 0.15) is 11.1 Å². The molecule has 0 saturated heterocycles. The zero-order valence-corrected chi connectivity index (χ0v) is 13.7. The van der Waals surface area contributed by atoms with Crippen LogP contribution in [0.4, 0.5) is 0 Å². The average molecular weight is 311 g/mol. The van der Waals surface area contributed by atoms with E-state index in [-0.39, 0.29) is 0 Å². The van der Waals surface area contributed by atoms with Gasteiger partial charge in [-0.3, -0.25) is 0 Å². The molecule has 24 heavy (non-hydrogen) atoms. The van der Waals surface area contributed by atoms with Gasteiger partial charge in [0.15, 0.2) is 5.82 Å².